The molecule has 1 aromatic heterocycles. The number of primary amides is 2. The molecule has 49 nitrogen and oxygen atoms in total. The number of likely N-dealkylation sites (tertiary alicyclic amines) is 1. The molecule has 28 N–H and O–H groups in total. The summed E-state index contributed by atoms with van der Waals surface area (Å²) in [7, 11) is 0. The van der Waals surface area contributed by atoms with Crippen molar-refractivity contribution in [2.75, 3.05) is 25.1 Å². The molecule has 0 radical (unpaired) electrons. The Labute approximate surface area is 862 Å². The number of aromatic amines is 1. The fraction of sp³-hybridized carbons (Fsp3) is 0.505. The van der Waals surface area contributed by atoms with Crippen molar-refractivity contribution in [1.82, 2.24) is 89.6 Å². The van der Waals surface area contributed by atoms with Crippen LogP contribution in [0.15, 0.2) is 121 Å². The molecule has 5 aromatic rings. The van der Waals surface area contributed by atoms with E-state index in [1.807, 2.05) is 13.8 Å². The second-order valence-corrected chi connectivity index (χ2v) is 38.5. The number of aliphatic hydroxyl groups is 1. The number of hydrogen-bond donors (Lipinski definition) is 25. The first-order valence-electron chi connectivity index (χ1n) is 48.5. The lowest BCUT2D eigenvalue weighted by molar-refractivity contribution is -0.144. The van der Waals surface area contributed by atoms with Gasteiger partial charge in [-0.25, -0.2) is 4.79 Å². The van der Waals surface area contributed by atoms with E-state index in [0.29, 0.717) is 40.4 Å². The van der Waals surface area contributed by atoms with Gasteiger partial charge in [-0.05, 0) is 123 Å². The molecule has 0 saturated carbocycles. The summed E-state index contributed by atoms with van der Waals surface area (Å²) in [5.74, 6) is -28.9. The minimum atomic E-state index is -2.18. The van der Waals surface area contributed by atoms with Gasteiger partial charge in [0.1, 0.15) is 90.6 Å². The largest absolute Gasteiger partial charge is 0.481 e. The number of rotatable bonds is 65. The van der Waals surface area contributed by atoms with E-state index in [1.54, 1.807) is 119 Å². The molecule has 1 aliphatic heterocycles. The Bertz CT molecular complexity index is 5520. The summed E-state index contributed by atoms with van der Waals surface area (Å²) in [4.78, 5) is 322. The smallest absolute Gasteiger partial charge is 0.326 e. The van der Waals surface area contributed by atoms with E-state index in [4.69, 9.17) is 17.2 Å². The predicted molar refractivity (Wildman–Crippen MR) is 536 cm³/mol. The normalized spacial score (nSPS) is 15.4. The average molecular weight is 2100 g/mol. The van der Waals surface area contributed by atoms with Crippen molar-refractivity contribution >= 4 is 159 Å². The maximum absolute atomic E-state index is 15.0. The van der Waals surface area contributed by atoms with Crippen molar-refractivity contribution in [1.29, 1.82) is 0 Å². The lowest BCUT2D eigenvalue weighted by Crippen LogP contribution is -2.62. The number of thioether (sulfide) groups is 1. The number of carbonyl (C=O) groups is 23. The summed E-state index contributed by atoms with van der Waals surface area (Å²) in [6.45, 7) is 10.8. The second-order valence-electron chi connectivity index (χ2n) is 37.5. The second kappa shape index (κ2) is 61.2. The average Bonchev–Trinajstić information content (AvgIpc) is 1.70. The topological polar surface area (TPSA) is 792 Å². The first-order chi connectivity index (χ1) is 70.4. The Morgan fingerprint density at radius 3 is 1.18 bits per heavy atom. The molecular formula is C99H136N20O29S. The molecule has 1 fully saturated rings. The number of nitrogens with zero attached hydrogens (tertiary/aromatic N) is 1. The first kappa shape index (κ1) is 122. The van der Waals surface area contributed by atoms with Crippen molar-refractivity contribution in [3.05, 3.63) is 144 Å². The Morgan fingerprint density at radius 1 is 0.383 bits per heavy atom. The molecule has 17 atom stereocenters. The number of nitrogens with one attached hydrogen (secondary N) is 16. The van der Waals surface area contributed by atoms with Crippen LogP contribution in [0.5, 0.6) is 0 Å². The minimum Gasteiger partial charge on any atom is -0.481 e. The lowest BCUT2D eigenvalue weighted by Gasteiger charge is -2.30. The lowest BCUT2D eigenvalue weighted by atomic mass is 9.99. The number of fused-ring (bicyclic) bond motifs is 1. The van der Waals surface area contributed by atoms with Crippen molar-refractivity contribution in [3.8, 4) is 0 Å². The monoisotopic (exact) mass is 2100 g/mol. The van der Waals surface area contributed by atoms with E-state index in [1.165, 1.54) is 53.1 Å². The van der Waals surface area contributed by atoms with E-state index in [0.717, 1.165) is 6.92 Å². The standard InChI is InChI=1S/C99H136N20O29S/c1-51(2)39-60(100)98(146)119-37-20-29-75(119)96(144)108-64(32-35-80(126)127)87(135)110-67(41-53(5)6)89(137)113-70(45-58-49-103-61-28-19-18-27-59(58)61)92(140)109-66(40-52(3)4)84(132)104-50-78(123)105-62(30-33-76(101)121)85(133)114-71(46-77(102)122)93(141)106-63(31-34-79(124)125)86(134)111-69(43-56-23-14-10-15-24-56)91(139)115-72(47-81(128)129)94(142)112-68(42-55-21-12-9-13-22-55)90(138)107-65(36-38-149-8)88(136)118-83(54(7)120)97(145)116-73(48-82(130)131)95(143)117-74(99(147)148)44-57-25-16-11-17-26-57/h9-19,21-28,49,51-54,60,62-75,83,103,120H,20,29-48,50,100H2,1-8H3,(H2,101,121)(H2,102,122)(H,104,132)(H,105,123)(H,106,141)(H,107,138)(H,108,144)(H,109,140)(H,110,135)(H,111,134)(H,112,142)(H,113,137)(H,114,133)(H,115,139)(H,116,145)(H,117,143)(H,118,136)(H,124,125)(H,126,127)(H,128,129)(H,130,131)(H,147,148)/t54-,60+,62+,63+,64+,65+,66+,67+,68+,69+,70+,71+,72+,73+,74+,75+,83+/m1/s1. The molecule has 4 aromatic carbocycles. The van der Waals surface area contributed by atoms with Crippen LogP contribution in [0.1, 0.15) is 167 Å². The van der Waals surface area contributed by atoms with E-state index in [2.05, 4.69) is 84.7 Å². The maximum Gasteiger partial charge on any atom is 0.326 e. The third-order valence-electron chi connectivity index (χ3n) is 23.7. The van der Waals surface area contributed by atoms with Gasteiger partial charge in [0.15, 0.2) is 0 Å². The van der Waals surface area contributed by atoms with Crippen LogP contribution >= 0.6 is 11.8 Å². The maximum atomic E-state index is 15.0. The van der Waals surface area contributed by atoms with Crippen LogP contribution in [0, 0.1) is 17.8 Å². The number of amides is 18. The van der Waals surface area contributed by atoms with E-state index >= 15 is 0 Å². The number of carboxylic acid groups (broad SMARTS) is 5. The molecule has 1 saturated heterocycles. The van der Waals surface area contributed by atoms with Crippen LogP contribution in [0.4, 0.5) is 0 Å². The van der Waals surface area contributed by atoms with Crippen molar-refractivity contribution in [2.24, 2.45) is 35.0 Å². The summed E-state index contributed by atoms with van der Waals surface area (Å²) in [6.07, 6.45) is -7.28. The fourth-order valence-corrected chi connectivity index (χ4v) is 16.7. The van der Waals surface area contributed by atoms with Crippen LogP contribution in [-0.4, -0.2) is 305 Å². The van der Waals surface area contributed by atoms with Gasteiger partial charge in [-0.15, -0.1) is 0 Å². The van der Waals surface area contributed by atoms with Gasteiger partial charge in [0.05, 0.1) is 38.0 Å². The zero-order valence-electron chi connectivity index (χ0n) is 83.8. The molecule has 149 heavy (non-hydrogen) atoms. The minimum absolute atomic E-state index is 0.0395. The number of hydrogen-bond acceptors (Lipinski definition) is 26. The number of H-pyrrole nitrogens is 1. The zero-order chi connectivity index (χ0) is 111. The summed E-state index contributed by atoms with van der Waals surface area (Å²) < 4.78 is 0. The molecule has 0 unspecified atom stereocenters. The highest BCUT2D eigenvalue weighted by atomic mass is 32.2. The third-order valence-corrected chi connectivity index (χ3v) is 24.3. The zero-order valence-corrected chi connectivity index (χ0v) is 84.6. The number of para-hydroxylation sites is 1. The van der Waals surface area contributed by atoms with Crippen LogP contribution in [-0.2, 0) is 136 Å². The molecule has 50 heteroatoms. The van der Waals surface area contributed by atoms with Crippen molar-refractivity contribution in [3.63, 3.8) is 0 Å². The van der Waals surface area contributed by atoms with Crippen LogP contribution < -0.4 is 97.0 Å². The van der Waals surface area contributed by atoms with E-state index in [9.17, 15) is 141 Å². The number of carbonyl (C=O) groups excluding carboxylic acids is 18. The van der Waals surface area contributed by atoms with Crippen LogP contribution in [0.2, 0.25) is 0 Å². The Balaban J connectivity index is 1.21. The van der Waals surface area contributed by atoms with Crippen molar-refractivity contribution in [2.45, 2.75) is 273 Å². The van der Waals surface area contributed by atoms with Gasteiger partial charge in [-0.1, -0.05) is 151 Å². The van der Waals surface area contributed by atoms with Gasteiger partial charge in [-0.2, -0.15) is 11.8 Å². The van der Waals surface area contributed by atoms with Crippen LogP contribution in [0.25, 0.3) is 10.9 Å². The quantitative estimate of drug-likeness (QED) is 0.0183. The first-order valence-corrected chi connectivity index (χ1v) is 49.9. The summed E-state index contributed by atoms with van der Waals surface area (Å²) in [5.41, 5.74) is 19.5. The SMILES string of the molecule is CSCC[C@H](NC(=O)[C@H](Cc1ccccc1)NC(=O)[C@H](CC(=O)O)NC(=O)[C@H](Cc1ccccc1)NC(=O)[C@H](CCC(=O)O)NC(=O)[C@H](CC(N)=O)NC(=O)[C@H](CCC(N)=O)NC(=O)CNC(=O)[C@H](CC(C)C)NC(=O)[C@H](Cc1c[nH]c2ccccc12)NC(=O)[C@H](CC(C)C)NC(=O)[C@H](CCC(=O)O)NC(=O)[C@@H]1CCCN1C(=O)[C@@H](N)CC(C)C)C(=O)N[C@H](C(=O)N[C@@H](CC(=O)O)C(=O)N[C@@H](Cc1ccccc1)C(=O)O)[C@@H](C)O. The van der Waals surface area contributed by atoms with Gasteiger partial charge < -0.3 is 137 Å². The molecule has 6 rings (SSSR count). The van der Waals surface area contributed by atoms with Gasteiger partial charge in [0.25, 0.3) is 0 Å². The number of aliphatic carboxylic acids is 5. The Kier molecular flexibility index (Phi) is 50.2. The highest BCUT2D eigenvalue weighted by Crippen LogP contribution is 2.24. The van der Waals surface area contributed by atoms with Gasteiger partial charge in [-0.3, -0.25) is 105 Å². The predicted octanol–water partition coefficient (Wildman–Crippen LogP) is -3.16. The number of aliphatic hydroxyl groups excluding tert-OH is 1. The highest BCUT2D eigenvalue weighted by molar-refractivity contribution is 7.98. The summed E-state index contributed by atoms with van der Waals surface area (Å²) in [5, 5.41) is 97.2. The summed E-state index contributed by atoms with van der Waals surface area (Å²) in [6, 6.07) is 2.76. The molecular weight excluding hydrogens is 1970 g/mol. The molecule has 0 spiro atoms. The van der Waals surface area contributed by atoms with Gasteiger partial charge >= 0.3 is 29.8 Å². The number of aromatic nitrogens is 1. The van der Waals surface area contributed by atoms with E-state index < -0.39 is 322 Å². The van der Waals surface area contributed by atoms with Gasteiger partial charge in [0, 0.05) is 68.6 Å². The third kappa shape index (κ3) is 42.5. The molecule has 0 bridgehead atoms. The Morgan fingerprint density at radius 2 is 0.745 bits per heavy atom. The molecule has 2 heterocycles. The highest BCUT2D eigenvalue weighted by Gasteiger charge is 2.43. The fourth-order valence-electron chi connectivity index (χ4n) is 16.2. The molecule has 812 valence electrons. The molecule has 18 amide bonds. The van der Waals surface area contributed by atoms with E-state index in [-0.39, 0.29) is 68.2 Å². The van der Waals surface area contributed by atoms with Crippen LogP contribution in [0.3, 0.4) is 0 Å². The number of benzene rings is 4. The molecule has 1 aliphatic rings. The number of nitrogens with two attached hydrogens (primary N) is 3. The summed E-state index contributed by atoms with van der Waals surface area (Å²) >= 11 is 1.17. The molecule has 0 aliphatic carbocycles. The van der Waals surface area contributed by atoms with Crippen molar-refractivity contribution < 1.29 is 141 Å². The Hall–Kier alpha value is -15.5. The van der Waals surface area contributed by atoms with Gasteiger partial charge in [0.2, 0.25) is 106 Å². The number of carboxylic acids is 5.